The summed E-state index contributed by atoms with van der Waals surface area (Å²) in [4.78, 5) is -0.0610. The molecule has 0 atom stereocenters. The average molecular weight is 312 g/mol. The Kier molecular flexibility index (Phi) is 4.30. The maximum Gasteiger partial charge on any atom is 0.261 e. The zero-order valence-electron chi connectivity index (χ0n) is 10.1. The average Bonchev–Trinajstić information content (AvgIpc) is 2.19. The quantitative estimate of drug-likeness (QED) is 0.863. The predicted octanol–water partition coefficient (Wildman–Crippen LogP) is 2.07. The third-order valence-electron chi connectivity index (χ3n) is 2.35. The number of nitrogens with one attached hydrogen (secondary N) is 1. The second-order valence-corrected chi connectivity index (χ2v) is 8.91. The van der Waals surface area contributed by atoms with Gasteiger partial charge in [0.05, 0.1) is 15.8 Å². The van der Waals surface area contributed by atoms with Crippen LogP contribution in [0, 0.1) is 6.92 Å². The summed E-state index contributed by atoms with van der Waals surface area (Å²) in [5.74, 6) is 0. The van der Waals surface area contributed by atoms with Crippen LogP contribution in [0.15, 0.2) is 23.1 Å². The summed E-state index contributed by atoms with van der Waals surface area (Å²) in [5, 5.41) is -0.576. The first-order valence-electron chi connectivity index (χ1n) is 5.11. The minimum absolute atomic E-state index is 0.0610. The van der Waals surface area contributed by atoms with Crippen LogP contribution in [0.25, 0.3) is 0 Å². The highest BCUT2D eigenvalue weighted by Crippen LogP contribution is 2.23. The molecular formula is C10H14ClNO4S2. The van der Waals surface area contributed by atoms with Gasteiger partial charge in [0.15, 0.2) is 0 Å². The van der Waals surface area contributed by atoms with Crippen LogP contribution in [-0.2, 0) is 19.1 Å². The fourth-order valence-corrected chi connectivity index (χ4v) is 2.78. The first-order chi connectivity index (χ1) is 8.04. The molecule has 0 spiro atoms. The Morgan fingerprint density at radius 1 is 1.17 bits per heavy atom. The lowest BCUT2D eigenvalue weighted by Crippen LogP contribution is -2.22. The molecule has 0 radical (unpaired) electrons. The van der Waals surface area contributed by atoms with Gasteiger partial charge in [-0.1, -0.05) is 0 Å². The second kappa shape index (κ2) is 5.07. The maximum atomic E-state index is 11.7. The maximum absolute atomic E-state index is 11.7. The van der Waals surface area contributed by atoms with Crippen LogP contribution < -0.4 is 4.72 Å². The topological polar surface area (TPSA) is 80.3 Å². The van der Waals surface area contributed by atoms with E-state index in [0.717, 1.165) is 0 Å². The van der Waals surface area contributed by atoms with Crippen LogP contribution in [0.4, 0.5) is 5.69 Å². The van der Waals surface area contributed by atoms with E-state index >= 15 is 0 Å². The lowest BCUT2D eigenvalue weighted by atomic mass is 10.2. The summed E-state index contributed by atoms with van der Waals surface area (Å²) in [6.45, 7) is 4.70. The fraction of sp³-hybridized carbons (Fsp3) is 0.400. The van der Waals surface area contributed by atoms with Crippen molar-refractivity contribution in [1.82, 2.24) is 0 Å². The molecule has 8 heteroatoms. The molecule has 0 aromatic heterocycles. The molecule has 5 nitrogen and oxygen atoms in total. The van der Waals surface area contributed by atoms with Gasteiger partial charge in [0.1, 0.15) is 0 Å². The molecule has 1 N–H and O–H groups in total. The highest BCUT2D eigenvalue weighted by Gasteiger charge is 2.18. The van der Waals surface area contributed by atoms with E-state index in [2.05, 4.69) is 4.72 Å². The van der Waals surface area contributed by atoms with E-state index in [1.54, 1.807) is 20.8 Å². The molecule has 0 aliphatic heterocycles. The smallest absolute Gasteiger partial charge is 0.261 e. The summed E-state index contributed by atoms with van der Waals surface area (Å²) < 4.78 is 48.0. The number of sulfonamides is 1. The van der Waals surface area contributed by atoms with Crippen LogP contribution in [0.3, 0.4) is 0 Å². The van der Waals surface area contributed by atoms with Crippen molar-refractivity contribution in [1.29, 1.82) is 0 Å². The number of aryl methyl sites for hydroxylation is 1. The Hall–Kier alpha value is -0.790. The van der Waals surface area contributed by atoms with Gasteiger partial charge in [-0.3, -0.25) is 4.72 Å². The van der Waals surface area contributed by atoms with Crippen molar-refractivity contribution in [2.75, 3.05) is 4.72 Å². The van der Waals surface area contributed by atoms with Crippen LogP contribution >= 0.6 is 10.7 Å². The Bertz CT molecular complexity index is 650. The number of anilines is 1. The molecule has 0 aliphatic rings. The molecule has 1 aromatic rings. The van der Waals surface area contributed by atoms with Gasteiger partial charge in [-0.25, -0.2) is 16.8 Å². The van der Waals surface area contributed by atoms with E-state index in [9.17, 15) is 16.8 Å². The summed E-state index contributed by atoms with van der Waals surface area (Å²) in [5.41, 5.74) is 0.828. The first kappa shape index (κ1) is 15.3. The summed E-state index contributed by atoms with van der Waals surface area (Å²) >= 11 is 0. The molecule has 0 heterocycles. The van der Waals surface area contributed by atoms with Gasteiger partial charge in [0.25, 0.3) is 9.05 Å². The standard InChI is InChI=1S/C10H14ClNO4S2/c1-7(2)18(15,16)12-10-5-4-9(6-8(10)3)17(11,13)14/h4-7,12H,1-3H3. The SMILES string of the molecule is Cc1cc(S(=O)(=O)Cl)ccc1NS(=O)(=O)C(C)C. The molecular weight excluding hydrogens is 298 g/mol. The normalized spacial score (nSPS) is 12.7. The molecule has 0 bridgehead atoms. The van der Waals surface area contributed by atoms with E-state index in [-0.39, 0.29) is 4.90 Å². The van der Waals surface area contributed by atoms with E-state index in [4.69, 9.17) is 10.7 Å². The fourth-order valence-electron chi connectivity index (χ4n) is 1.17. The molecule has 1 rings (SSSR count). The lowest BCUT2D eigenvalue weighted by Gasteiger charge is -2.13. The van der Waals surface area contributed by atoms with Gasteiger partial charge in [-0.2, -0.15) is 0 Å². The minimum Gasteiger partial charge on any atom is -0.283 e. The zero-order chi connectivity index (χ0) is 14.1. The van der Waals surface area contributed by atoms with Crippen molar-refractivity contribution in [2.45, 2.75) is 30.9 Å². The van der Waals surface area contributed by atoms with Crippen molar-refractivity contribution in [2.24, 2.45) is 0 Å². The van der Waals surface area contributed by atoms with Crippen molar-refractivity contribution in [3.8, 4) is 0 Å². The van der Waals surface area contributed by atoms with Crippen LogP contribution in [0.1, 0.15) is 19.4 Å². The number of rotatable bonds is 4. The van der Waals surface area contributed by atoms with Gasteiger partial charge in [0, 0.05) is 10.7 Å². The van der Waals surface area contributed by atoms with Crippen LogP contribution in [0.2, 0.25) is 0 Å². The van der Waals surface area contributed by atoms with Crippen LogP contribution in [-0.4, -0.2) is 22.1 Å². The highest BCUT2D eigenvalue weighted by atomic mass is 35.7. The number of hydrogen-bond donors (Lipinski definition) is 1. The number of hydrogen-bond acceptors (Lipinski definition) is 4. The minimum atomic E-state index is -3.81. The second-order valence-electron chi connectivity index (χ2n) is 4.11. The highest BCUT2D eigenvalue weighted by molar-refractivity contribution is 8.13. The predicted molar refractivity (Wildman–Crippen MR) is 71.9 cm³/mol. The number of halogens is 1. The molecule has 102 valence electrons. The van der Waals surface area contributed by atoms with Crippen molar-refractivity contribution in [3.63, 3.8) is 0 Å². The first-order valence-corrected chi connectivity index (χ1v) is 8.96. The van der Waals surface area contributed by atoms with Gasteiger partial charge < -0.3 is 0 Å². The third kappa shape index (κ3) is 3.60. The van der Waals surface area contributed by atoms with E-state index < -0.39 is 24.3 Å². The number of benzene rings is 1. The molecule has 0 amide bonds. The van der Waals surface area contributed by atoms with Crippen molar-refractivity contribution in [3.05, 3.63) is 23.8 Å². The molecule has 0 saturated heterocycles. The van der Waals surface area contributed by atoms with Gasteiger partial charge in [-0.15, -0.1) is 0 Å². The van der Waals surface area contributed by atoms with Crippen molar-refractivity contribution < 1.29 is 16.8 Å². The van der Waals surface area contributed by atoms with Gasteiger partial charge in [-0.05, 0) is 44.5 Å². The van der Waals surface area contributed by atoms with Crippen LogP contribution in [0.5, 0.6) is 0 Å². The molecule has 0 fully saturated rings. The Balaban J connectivity index is 3.16. The van der Waals surface area contributed by atoms with E-state index in [1.165, 1.54) is 18.2 Å². The van der Waals surface area contributed by atoms with E-state index in [0.29, 0.717) is 11.3 Å². The Labute approximate surface area is 112 Å². The Morgan fingerprint density at radius 2 is 1.72 bits per heavy atom. The molecule has 0 saturated carbocycles. The molecule has 1 aromatic carbocycles. The summed E-state index contributed by atoms with van der Waals surface area (Å²) in [7, 11) is -2.06. The largest absolute Gasteiger partial charge is 0.283 e. The van der Waals surface area contributed by atoms with Gasteiger partial charge in [0.2, 0.25) is 10.0 Å². The van der Waals surface area contributed by atoms with E-state index in [1.807, 2.05) is 0 Å². The Morgan fingerprint density at radius 3 is 2.11 bits per heavy atom. The van der Waals surface area contributed by atoms with Crippen molar-refractivity contribution >= 4 is 35.4 Å². The molecule has 0 unspecified atom stereocenters. The molecule has 0 aliphatic carbocycles. The third-order valence-corrected chi connectivity index (χ3v) is 5.45. The zero-order valence-corrected chi connectivity index (χ0v) is 12.5. The molecule has 18 heavy (non-hydrogen) atoms. The monoisotopic (exact) mass is 311 g/mol. The van der Waals surface area contributed by atoms with Gasteiger partial charge >= 0.3 is 0 Å². The summed E-state index contributed by atoms with van der Waals surface area (Å²) in [6, 6.07) is 3.96. The summed E-state index contributed by atoms with van der Waals surface area (Å²) in [6.07, 6.45) is 0. The lowest BCUT2D eigenvalue weighted by molar-refractivity contribution is 0.592.